The first kappa shape index (κ1) is 27.6. The minimum Gasteiger partial charge on any atom is -0.405 e. The molecule has 2 aromatic carbocycles. The summed E-state index contributed by atoms with van der Waals surface area (Å²) in [5.41, 5.74) is 2.10. The van der Waals surface area contributed by atoms with Crippen molar-refractivity contribution in [2.45, 2.75) is 103 Å². The van der Waals surface area contributed by atoms with E-state index in [0.717, 1.165) is 13.0 Å². The Labute approximate surface area is 205 Å². The molecule has 0 N–H and O–H groups in total. The molecule has 0 aliphatic carbocycles. The number of rotatable bonds is 20. The summed E-state index contributed by atoms with van der Waals surface area (Å²) in [6.45, 7) is 7.33. The Kier molecular flexibility index (Phi) is 14.9. The quantitative estimate of drug-likeness (QED) is 0.141. The van der Waals surface area contributed by atoms with E-state index < -0.39 is 8.32 Å². The van der Waals surface area contributed by atoms with E-state index in [-0.39, 0.29) is 0 Å². The highest BCUT2D eigenvalue weighted by Crippen LogP contribution is 2.14. The fraction of sp³-hybridized carbons (Fsp3) is 0.548. The van der Waals surface area contributed by atoms with Gasteiger partial charge in [-0.2, -0.15) is 0 Å². The van der Waals surface area contributed by atoms with E-state index in [1.165, 1.54) is 100 Å². The van der Waals surface area contributed by atoms with Crippen LogP contribution in [0.5, 0.6) is 0 Å². The Balaban J connectivity index is 1.58. The maximum absolute atomic E-state index is 6.69. The van der Waals surface area contributed by atoms with Gasteiger partial charge in [-0.05, 0) is 16.8 Å². The summed E-state index contributed by atoms with van der Waals surface area (Å²) in [6, 6.07) is 21.4. The van der Waals surface area contributed by atoms with Crippen LogP contribution in [-0.2, 0) is 4.43 Å². The maximum atomic E-state index is 6.69. The molecule has 0 amide bonds. The summed E-state index contributed by atoms with van der Waals surface area (Å²) < 4.78 is 6.69. The predicted octanol–water partition coefficient (Wildman–Crippen LogP) is 8.36. The standard InChI is InChI=1S/C31H48OSi/c1-3-5-6-7-8-9-10-11-12-13-14-15-16-17-24-29-32-33(4-2,30-25-20-18-21-26-30)31-27-22-19-23-28-31/h4,18-23,25-28H,2-3,5-17,24,29H2,1H3. The Morgan fingerprint density at radius 3 is 1.30 bits per heavy atom. The zero-order chi connectivity index (χ0) is 23.5. The van der Waals surface area contributed by atoms with E-state index in [1.54, 1.807) is 0 Å². The average Bonchev–Trinajstić information content (AvgIpc) is 2.87. The molecular weight excluding hydrogens is 416 g/mol. The van der Waals surface area contributed by atoms with Crippen molar-refractivity contribution in [3.05, 3.63) is 72.9 Å². The van der Waals surface area contributed by atoms with Gasteiger partial charge in [-0.3, -0.25) is 0 Å². The zero-order valence-corrected chi connectivity index (χ0v) is 22.3. The van der Waals surface area contributed by atoms with E-state index in [1.807, 2.05) is 0 Å². The number of hydrogen-bond acceptors (Lipinski definition) is 1. The fourth-order valence-electron chi connectivity index (χ4n) is 4.71. The third-order valence-corrected chi connectivity index (χ3v) is 10.4. The van der Waals surface area contributed by atoms with Crippen LogP contribution in [0.4, 0.5) is 0 Å². The first-order chi connectivity index (χ1) is 16.3. The van der Waals surface area contributed by atoms with Gasteiger partial charge in [0.05, 0.1) is 0 Å². The van der Waals surface area contributed by atoms with Gasteiger partial charge in [-0.25, -0.2) is 0 Å². The van der Waals surface area contributed by atoms with Crippen LogP contribution in [0.15, 0.2) is 72.9 Å². The van der Waals surface area contributed by atoms with Crippen LogP contribution in [0.1, 0.15) is 103 Å². The number of hydrogen-bond donors (Lipinski definition) is 0. The molecule has 0 radical (unpaired) electrons. The highest BCUT2D eigenvalue weighted by molar-refractivity contribution is 7.01. The summed E-state index contributed by atoms with van der Waals surface area (Å²) in [4.78, 5) is 0. The van der Waals surface area contributed by atoms with Gasteiger partial charge in [-0.1, -0.05) is 163 Å². The van der Waals surface area contributed by atoms with Gasteiger partial charge in [0, 0.05) is 6.61 Å². The van der Waals surface area contributed by atoms with Crippen LogP contribution < -0.4 is 10.4 Å². The van der Waals surface area contributed by atoms with Gasteiger partial charge >= 0.3 is 0 Å². The van der Waals surface area contributed by atoms with Gasteiger partial charge in [0.2, 0.25) is 0 Å². The largest absolute Gasteiger partial charge is 0.405 e. The molecule has 0 spiro atoms. The Hall–Kier alpha value is -1.64. The van der Waals surface area contributed by atoms with Gasteiger partial charge < -0.3 is 4.43 Å². The molecule has 0 bridgehead atoms. The van der Waals surface area contributed by atoms with Crippen molar-refractivity contribution in [3.63, 3.8) is 0 Å². The maximum Gasteiger partial charge on any atom is 0.280 e. The van der Waals surface area contributed by atoms with Crippen molar-refractivity contribution in [3.8, 4) is 0 Å². The summed E-state index contributed by atoms with van der Waals surface area (Å²) in [6.07, 6.45) is 20.8. The highest BCUT2D eigenvalue weighted by Gasteiger charge is 2.36. The molecule has 2 aromatic rings. The van der Waals surface area contributed by atoms with E-state index in [9.17, 15) is 0 Å². The van der Waals surface area contributed by atoms with Crippen LogP contribution in [0.3, 0.4) is 0 Å². The van der Waals surface area contributed by atoms with E-state index in [0.29, 0.717) is 0 Å². The second-order valence-electron chi connectivity index (χ2n) is 9.47. The van der Waals surface area contributed by atoms with Crippen LogP contribution in [0, 0.1) is 0 Å². The topological polar surface area (TPSA) is 9.23 Å². The minimum absolute atomic E-state index is 0.820. The normalized spacial score (nSPS) is 11.5. The lowest BCUT2D eigenvalue weighted by Crippen LogP contribution is -2.59. The molecule has 0 atom stereocenters. The SMILES string of the molecule is C=C[Si](OCCCCCCCCCCCCCCCCC)(c1ccccc1)c1ccccc1. The monoisotopic (exact) mass is 464 g/mol. The van der Waals surface area contributed by atoms with Gasteiger partial charge in [0.1, 0.15) is 0 Å². The molecule has 2 rings (SSSR count). The van der Waals surface area contributed by atoms with Crippen molar-refractivity contribution in [2.24, 2.45) is 0 Å². The highest BCUT2D eigenvalue weighted by atomic mass is 28.4. The summed E-state index contributed by atoms with van der Waals surface area (Å²) >= 11 is 0. The Bertz CT molecular complexity index is 673. The zero-order valence-electron chi connectivity index (χ0n) is 21.3. The van der Waals surface area contributed by atoms with E-state index in [4.69, 9.17) is 4.43 Å². The molecule has 0 saturated carbocycles. The molecule has 0 aromatic heterocycles. The molecule has 2 heteroatoms. The average molecular weight is 465 g/mol. The molecule has 0 unspecified atom stereocenters. The van der Waals surface area contributed by atoms with E-state index >= 15 is 0 Å². The third-order valence-electron chi connectivity index (χ3n) is 6.77. The molecule has 1 nitrogen and oxygen atoms in total. The molecule has 0 saturated heterocycles. The summed E-state index contributed by atoms with van der Waals surface area (Å²) in [7, 11) is -2.36. The van der Waals surface area contributed by atoms with Crippen molar-refractivity contribution >= 4 is 18.7 Å². The first-order valence-corrected chi connectivity index (χ1v) is 15.7. The van der Waals surface area contributed by atoms with Crippen molar-refractivity contribution in [2.75, 3.05) is 6.61 Å². The predicted molar refractivity (Wildman–Crippen MR) is 149 cm³/mol. The van der Waals surface area contributed by atoms with Gasteiger partial charge in [0.25, 0.3) is 8.32 Å². The lowest BCUT2D eigenvalue weighted by Gasteiger charge is -2.29. The van der Waals surface area contributed by atoms with Crippen molar-refractivity contribution < 1.29 is 4.43 Å². The van der Waals surface area contributed by atoms with Crippen molar-refractivity contribution in [1.82, 2.24) is 0 Å². The lowest BCUT2D eigenvalue weighted by atomic mass is 10.0. The summed E-state index contributed by atoms with van der Waals surface area (Å²) in [5.74, 6) is 0. The van der Waals surface area contributed by atoms with Crippen LogP contribution in [0.2, 0.25) is 0 Å². The fourth-order valence-corrected chi connectivity index (χ4v) is 7.80. The van der Waals surface area contributed by atoms with Crippen LogP contribution in [-0.4, -0.2) is 14.9 Å². The number of benzene rings is 2. The molecular formula is C31H48OSi. The second-order valence-corrected chi connectivity index (χ2v) is 12.8. The molecule has 0 fully saturated rings. The molecule has 0 aliphatic rings. The van der Waals surface area contributed by atoms with Crippen LogP contribution in [0.25, 0.3) is 0 Å². The Morgan fingerprint density at radius 2 is 0.939 bits per heavy atom. The molecule has 0 heterocycles. The van der Waals surface area contributed by atoms with Crippen LogP contribution >= 0.6 is 0 Å². The molecule has 0 aliphatic heterocycles. The molecule has 182 valence electrons. The summed E-state index contributed by atoms with van der Waals surface area (Å²) in [5, 5.41) is 2.57. The van der Waals surface area contributed by atoms with E-state index in [2.05, 4.69) is 79.9 Å². The smallest absolute Gasteiger partial charge is 0.280 e. The third kappa shape index (κ3) is 10.4. The Morgan fingerprint density at radius 1 is 0.576 bits per heavy atom. The second kappa shape index (κ2) is 17.8. The first-order valence-electron chi connectivity index (χ1n) is 13.7. The van der Waals surface area contributed by atoms with Crippen molar-refractivity contribution in [1.29, 1.82) is 0 Å². The lowest BCUT2D eigenvalue weighted by molar-refractivity contribution is 0.308. The van der Waals surface area contributed by atoms with Gasteiger partial charge in [0.15, 0.2) is 0 Å². The molecule has 33 heavy (non-hydrogen) atoms. The number of unbranched alkanes of at least 4 members (excludes halogenated alkanes) is 14. The van der Waals surface area contributed by atoms with Gasteiger partial charge in [-0.15, -0.1) is 6.58 Å². The minimum atomic E-state index is -2.36.